The summed E-state index contributed by atoms with van der Waals surface area (Å²) in [5, 5.41) is 0.849. The molecule has 6 nitrogen and oxygen atoms in total. The summed E-state index contributed by atoms with van der Waals surface area (Å²) in [5.74, 6) is 0.850. The van der Waals surface area contributed by atoms with Crippen LogP contribution >= 0.6 is 11.8 Å². The van der Waals surface area contributed by atoms with E-state index in [2.05, 4.69) is 9.98 Å². The van der Waals surface area contributed by atoms with E-state index >= 15 is 0 Å². The van der Waals surface area contributed by atoms with E-state index in [9.17, 15) is 4.79 Å². The Labute approximate surface area is 154 Å². The molecule has 0 saturated heterocycles. The van der Waals surface area contributed by atoms with E-state index in [1.165, 1.54) is 6.08 Å². The van der Waals surface area contributed by atoms with Gasteiger partial charge in [0.15, 0.2) is 5.17 Å². The second-order valence-corrected chi connectivity index (χ2v) is 6.91. The number of hydrogen-bond acceptors (Lipinski definition) is 5. The lowest BCUT2D eigenvalue weighted by molar-refractivity contribution is -0.113. The molecule has 0 atom stereocenters. The van der Waals surface area contributed by atoms with Gasteiger partial charge in [-0.1, -0.05) is 48.2 Å². The maximum absolute atomic E-state index is 11.6. The van der Waals surface area contributed by atoms with Gasteiger partial charge in [-0.25, -0.2) is 4.98 Å². The second kappa shape index (κ2) is 6.68. The van der Waals surface area contributed by atoms with Gasteiger partial charge in [0.2, 0.25) is 11.9 Å². The molecule has 1 aliphatic rings. The number of aromatic nitrogens is 2. The molecule has 0 bridgehead atoms. The van der Waals surface area contributed by atoms with Crippen LogP contribution in [0.5, 0.6) is 0 Å². The van der Waals surface area contributed by atoms with Crippen molar-refractivity contribution in [2.24, 2.45) is 10.7 Å². The Morgan fingerprint density at radius 1 is 1.15 bits per heavy atom. The number of hydrogen-bond donors (Lipinski definition) is 2. The summed E-state index contributed by atoms with van der Waals surface area (Å²) in [5.41, 5.74) is 15.7. The number of carbonyl (C=O) groups excluding carboxylic acids is 1. The van der Waals surface area contributed by atoms with E-state index in [4.69, 9.17) is 11.5 Å². The number of nitrogens with two attached hydrogens (primary N) is 2. The van der Waals surface area contributed by atoms with Crippen LogP contribution in [0.3, 0.4) is 0 Å². The van der Waals surface area contributed by atoms with Crippen molar-refractivity contribution in [1.82, 2.24) is 9.55 Å². The van der Waals surface area contributed by atoms with Crippen LogP contribution in [-0.2, 0) is 4.79 Å². The highest BCUT2D eigenvalue weighted by Gasteiger charge is 2.18. The molecule has 0 saturated carbocycles. The fourth-order valence-corrected chi connectivity index (χ4v) is 3.88. The quantitative estimate of drug-likeness (QED) is 0.698. The van der Waals surface area contributed by atoms with Crippen LogP contribution in [0.15, 0.2) is 59.6 Å². The van der Waals surface area contributed by atoms with Gasteiger partial charge < -0.3 is 11.5 Å². The van der Waals surface area contributed by atoms with Crippen LogP contribution in [0, 0.1) is 0 Å². The number of amides is 1. The lowest BCUT2D eigenvalue weighted by Gasteiger charge is -2.10. The third-order valence-corrected chi connectivity index (χ3v) is 5.08. The Hall–Kier alpha value is -3.06. The monoisotopic (exact) mass is 363 g/mol. The third kappa shape index (κ3) is 2.97. The number of nitrogens with zero attached hydrogens (tertiary/aromatic N) is 3. The molecular formula is C19H17N5OS. The molecule has 2 heterocycles. The number of imidazole rings is 1. The molecule has 4 rings (SSSR count). The molecule has 0 spiro atoms. The van der Waals surface area contributed by atoms with E-state index in [1.807, 2.05) is 53.1 Å². The molecule has 0 aliphatic carbocycles. The van der Waals surface area contributed by atoms with E-state index in [-0.39, 0.29) is 0 Å². The molecule has 1 aromatic heterocycles. The number of primary amides is 1. The molecule has 2 aromatic carbocycles. The molecule has 26 heavy (non-hydrogen) atoms. The lowest BCUT2D eigenvalue weighted by Crippen LogP contribution is -2.09. The van der Waals surface area contributed by atoms with Crippen molar-refractivity contribution in [3.8, 4) is 0 Å². The van der Waals surface area contributed by atoms with Gasteiger partial charge in [-0.2, -0.15) is 0 Å². The average Bonchev–Trinajstić information content (AvgIpc) is 3.26. The number of thioether (sulfide) groups is 1. The molecule has 4 N–H and O–H groups in total. The summed E-state index contributed by atoms with van der Waals surface area (Å²) in [6.45, 7) is 0.773. The van der Waals surface area contributed by atoms with Crippen molar-refractivity contribution in [1.29, 1.82) is 0 Å². The Morgan fingerprint density at radius 2 is 1.96 bits per heavy atom. The van der Waals surface area contributed by atoms with Crippen LogP contribution in [-0.4, -0.2) is 32.9 Å². The fourth-order valence-electron chi connectivity index (χ4n) is 3.01. The molecular weight excluding hydrogens is 346 g/mol. The van der Waals surface area contributed by atoms with Gasteiger partial charge in [0.1, 0.15) is 0 Å². The predicted octanol–water partition coefficient (Wildman–Crippen LogP) is 2.49. The first-order valence-corrected chi connectivity index (χ1v) is 9.14. The highest BCUT2D eigenvalue weighted by Crippen LogP contribution is 2.29. The van der Waals surface area contributed by atoms with Crippen LogP contribution in [0.4, 0.5) is 5.95 Å². The van der Waals surface area contributed by atoms with E-state index in [0.29, 0.717) is 5.95 Å². The minimum absolute atomic E-state index is 0.408. The van der Waals surface area contributed by atoms with Gasteiger partial charge in [0.25, 0.3) is 0 Å². The molecule has 130 valence electrons. The maximum atomic E-state index is 11.6. The molecule has 0 radical (unpaired) electrons. The van der Waals surface area contributed by atoms with Crippen molar-refractivity contribution >= 4 is 45.4 Å². The molecule has 0 unspecified atom stereocenters. The second-order valence-electron chi connectivity index (χ2n) is 5.85. The highest BCUT2D eigenvalue weighted by atomic mass is 32.2. The summed E-state index contributed by atoms with van der Waals surface area (Å²) in [6, 6.07) is 15.5. The van der Waals surface area contributed by atoms with Gasteiger partial charge >= 0.3 is 0 Å². The Kier molecular flexibility index (Phi) is 4.22. The summed E-state index contributed by atoms with van der Waals surface area (Å²) >= 11 is 1.65. The minimum Gasteiger partial charge on any atom is -0.369 e. The smallest absolute Gasteiger partial charge is 0.242 e. The zero-order valence-corrected chi connectivity index (χ0v) is 14.7. The van der Waals surface area contributed by atoms with Crippen LogP contribution in [0.25, 0.3) is 16.6 Å². The number of nitrogen functional groups attached to an aromatic ring is 1. The molecule has 7 heteroatoms. The topological polar surface area (TPSA) is 99.3 Å². The predicted molar refractivity (Wildman–Crippen MR) is 107 cm³/mol. The standard InChI is InChI=1S/C19H17N5OS/c20-17(25)11-14(12-4-2-1-3-5-12)13-6-7-15-16(10-13)24(18(21)23-15)19-22-8-9-26-19/h1-7,10-11H,8-9H2,(H2,20,25)(H2,21,23). The number of carbonyl (C=O) groups is 1. The van der Waals surface area contributed by atoms with Gasteiger partial charge in [0, 0.05) is 11.8 Å². The first kappa shape index (κ1) is 16.4. The SMILES string of the molecule is NC(=O)C=C(c1ccccc1)c1ccc2nc(N)n(C3=NCCS3)c2c1. The average molecular weight is 363 g/mol. The minimum atomic E-state index is -0.493. The lowest BCUT2D eigenvalue weighted by atomic mass is 9.97. The van der Waals surface area contributed by atoms with Crippen molar-refractivity contribution in [2.75, 3.05) is 18.0 Å². The molecule has 1 amide bonds. The van der Waals surface area contributed by atoms with Crippen LogP contribution in [0.1, 0.15) is 11.1 Å². The van der Waals surface area contributed by atoms with E-state index in [0.717, 1.165) is 45.2 Å². The number of anilines is 1. The summed E-state index contributed by atoms with van der Waals surface area (Å²) in [4.78, 5) is 20.5. The summed E-state index contributed by atoms with van der Waals surface area (Å²) in [6.07, 6.45) is 1.45. The number of benzene rings is 2. The third-order valence-electron chi connectivity index (χ3n) is 4.12. The Balaban J connectivity index is 1.90. The van der Waals surface area contributed by atoms with Gasteiger partial charge in [0.05, 0.1) is 17.6 Å². The van der Waals surface area contributed by atoms with E-state index < -0.39 is 5.91 Å². The highest BCUT2D eigenvalue weighted by molar-refractivity contribution is 8.14. The van der Waals surface area contributed by atoms with Crippen molar-refractivity contribution < 1.29 is 4.79 Å². The maximum Gasteiger partial charge on any atom is 0.242 e. The summed E-state index contributed by atoms with van der Waals surface area (Å²) < 4.78 is 1.86. The van der Waals surface area contributed by atoms with Crippen LogP contribution in [0.2, 0.25) is 0 Å². The van der Waals surface area contributed by atoms with Crippen molar-refractivity contribution in [3.63, 3.8) is 0 Å². The largest absolute Gasteiger partial charge is 0.369 e. The van der Waals surface area contributed by atoms with Crippen LogP contribution < -0.4 is 11.5 Å². The molecule has 3 aromatic rings. The van der Waals surface area contributed by atoms with Crippen molar-refractivity contribution in [2.45, 2.75) is 0 Å². The molecule has 1 aliphatic heterocycles. The normalized spacial score (nSPS) is 14.6. The van der Waals surface area contributed by atoms with Gasteiger partial charge in [-0.15, -0.1) is 0 Å². The summed E-state index contributed by atoms with van der Waals surface area (Å²) in [7, 11) is 0. The fraction of sp³-hybridized carbons (Fsp3) is 0.105. The first-order valence-electron chi connectivity index (χ1n) is 8.16. The van der Waals surface area contributed by atoms with Crippen molar-refractivity contribution in [3.05, 3.63) is 65.7 Å². The zero-order valence-electron chi connectivity index (χ0n) is 13.9. The van der Waals surface area contributed by atoms with Gasteiger partial charge in [-0.3, -0.25) is 14.4 Å². The van der Waals surface area contributed by atoms with Gasteiger partial charge in [-0.05, 0) is 28.8 Å². The first-order chi connectivity index (χ1) is 12.6. The molecule has 0 fully saturated rings. The van der Waals surface area contributed by atoms with E-state index in [1.54, 1.807) is 11.8 Å². The Morgan fingerprint density at radius 3 is 2.65 bits per heavy atom. The Bertz CT molecular complexity index is 1050. The number of rotatable bonds is 3. The number of aliphatic imine (C=N–C) groups is 1. The number of fused-ring (bicyclic) bond motifs is 1. The zero-order chi connectivity index (χ0) is 18.1.